The standard InChI is InChI=1S/C13H19NO2/c1-10(2)16-13(15)14-9-8-12-7-5-4-6-11(12)3/h4-7,10H,8-9H2,1-3H3,(H,14,15). The Morgan fingerprint density at radius 2 is 2.06 bits per heavy atom. The lowest BCUT2D eigenvalue weighted by Gasteiger charge is -2.10. The molecule has 0 aromatic heterocycles. The van der Waals surface area contributed by atoms with Crippen molar-refractivity contribution < 1.29 is 9.53 Å². The Labute approximate surface area is 96.8 Å². The van der Waals surface area contributed by atoms with Crippen LogP contribution in [0.5, 0.6) is 0 Å². The molecule has 0 heterocycles. The maximum absolute atomic E-state index is 11.2. The van der Waals surface area contributed by atoms with Crippen LogP contribution >= 0.6 is 0 Å². The van der Waals surface area contributed by atoms with Gasteiger partial charge in [0.1, 0.15) is 0 Å². The predicted octanol–water partition coefficient (Wildman–Crippen LogP) is 2.67. The molecular formula is C13H19NO2. The van der Waals surface area contributed by atoms with Crippen LogP contribution in [0.25, 0.3) is 0 Å². The van der Waals surface area contributed by atoms with Gasteiger partial charge in [-0.15, -0.1) is 0 Å². The van der Waals surface area contributed by atoms with Gasteiger partial charge in [0.15, 0.2) is 0 Å². The van der Waals surface area contributed by atoms with E-state index in [9.17, 15) is 4.79 Å². The Balaban J connectivity index is 2.31. The quantitative estimate of drug-likeness (QED) is 0.848. The molecule has 1 amide bonds. The van der Waals surface area contributed by atoms with E-state index in [1.165, 1.54) is 11.1 Å². The van der Waals surface area contributed by atoms with E-state index < -0.39 is 0 Å². The number of alkyl carbamates (subject to hydrolysis) is 1. The number of ether oxygens (including phenoxy) is 1. The van der Waals surface area contributed by atoms with Crippen molar-refractivity contribution in [3.8, 4) is 0 Å². The van der Waals surface area contributed by atoms with Crippen LogP contribution < -0.4 is 5.32 Å². The summed E-state index contributed by atoms with van der Waals surface area (Å²) in [7, 11) is 0. The maximum Gasteiger partial charge on any atom is 0.407 e. The molecule has 16 heavy (non-hydrogen) atoms. The van der Waals surface area contributed by atoms with Crippen molar-refractivity contribution in [1.29, 1.82) is 0 Å². The molecule has 0 radical (unpaired) electrons. The van der Waals surface area contributed by atoms with Gasteiger partial charge in [-0.25, -0.2) is 4.79 Å². The van der Waals surface area contributed by atoms with Crippen molar-refractivity contribution in [2.75, 3.05) is 6.54 Å². The van der Waals surface area contributed by atoms with Crippen LogP contribution in [0.4, 0.5) is 4.79 Å². The summed E-state index contributed by atoms with van der Waals surface area (Å²) < 4.78 is 4.97. The van der Waals surface area contributed by atoms with Crippen molar-refractivity contribution >= 4 is 6.09 Å². The van der Waals surface area contributed by atoms with Crippen molar-refractivity contribution in [3.63, 3.8) is 0 Å². The number of hydrogen-bond acceptors (Lipinski definition) is 2. The third kappa shape index (κ3) is 4.34. The molecule has 0 bridgehead atoms. The minimum absolute atomic E-state index is 0.0709. The molecule has 0 fully saturated rings. The van der Waals surface area contributed by atoms with Crippen LogP contribution in [0.1, 0.15) is 25.0 Å². The Morgan fingerprint density at radius 1 is 1.38 bits per heavy atom. The first-order chi connectivity index (χ1) is 7.59. The molecule has 0 aliphatic carbocycles. The Morgan fingerprint density at radius 3 is 2.69 bits per heavy atom. The SMILES string of the molecule is Cc1ccccc1CCNC(=O)OC(C)C. The largest absolute Gasteiger partial charge is 0.447 e. The molecule has 0 aliphatic rings. The van der Waals surface area contributed by atoms with Crippen LogP contribution in [0.2, 0.25) is 0 Å². The zero-order valence-corrected chi connectivity index (χ0v) is 10.1. The highest BCUT2D eigenvalue weighted by Crippen LogP contribution is 2.06. The van der Waals surface area contributed by atoms with Crippen LogP contribution in [0.3, 0.4) is 0 Å². The third-order valence-corrected chi connectivity index (χ3v) is 2.27. The summed E-state index contributed by atoms with van der Waals surface area (Å²) in [6.07, 6.45) is 0.418. The van der Waals surface area contributed by atoms with Gasteiger partial charge in [0, 0.05) is 6.54 Å². The summed E-state index contributed by atoms with van der Waals surface area (Å²) in [5.74, 6) is 0. The zero-order valence-electron chi connectivity index (χ0n) is 10.1. The van der Waals surface area contributed by atoms with Gasteiger partial charge in [0.05, 0.1) is 6.10 Å². The Bertz CT molecular complexity index is 348. The van der Waals surface area contributed by atoms with E-state index in [1.54, 1.807) is 0 Å². The second-order valence-electron chi connectivity index (χ2n) is 4.06. The van der Waals surface area contributed by atoms with Crippen LogP contribution in [0.15, 0.2) is 24.3 Å². The normalized spacial score (nSPS) is 10.2. The number of carbonyl (C=O) groups is 1. The fourth-order valence-electron chi connectivity index (χ4n) is 1.45. The van der Waals surface area contributed by atoms with Crippen molar-refractivity contribution in [2.45, 2.75) is 33.3 Å². The molecule has 0 saturated heterocycles. The first-order valence-electron chi connectivity index (χ1n) is 5.58. The van der Waals surface area contributed by atoms with Gasteiger partial charge in [-0.05, 0) is 38.3 Å². The molecule has 0 saturated carbocycles. The molecule has 1 N–H and O–H groups in total. The number of benzene rings is 1. The molecular weight excluding hydrogens is 202 g/mol. The third-order valence-electron chi connectivity index (χ3n) is 2.27. The van der Waals surface area contributed by atoms with Crippen molar-refractivity contribution in [1.82, 2.24) is 5.32 Å². The number of carbonyl (C=O) groups excluding carboxylic acids is 1. The van der Waals surface area contributed by atoms with Gasteiger partial charge in [-0.1, -0.05) is 24.3 Å². The smallest absolute Gasteiger partial charge is 0.407 e. The van der Waals surface area contributed by atoms with E-state index in [0.29, 0.717) is 6.54 Å². The number of amides is 1. The second kappa shape index (κ2) is 6.16. The van der Waals surface area contributed by atoms with Crippen LogP contribution in [-0.4, -0.2) is 18.7 Å². The van der Waals surface area contributed by atoms with E-state index in [2.05, 4.69) is 24.4 Å². The molecule has 3 nitrogen and oxygen atoms in total. The molecule has 0 atom stereocenters. The molecule has 1 aromatic carbocycles. The summed E-state index contributed by atoms with van der Waals surface area (Å²) in [6.45, 7) is 6.35. The van der Waals surface area contributed by atoms with Gasteiger partial charge in [0.2, 0.25) is 0 Å². The van der Waals surface area contributed by atoms with Crippen LogP contribution in [-0.2, 0) is 11.2 Å². The van der Waals surface area contributed by atoms with Crippen molar-refractivity contribution in [3.05, 3.63) is 35.4 Å². The number of hydrogen-bond donors (Lipinski definition) is 1. The van der Waals surface area contributed by atoms with Gasteiger partial charge < -0.3 is 10.1 Å². The molecule has 1 aromatic rings. The molecule has 1 rings (SSSR count). The predicted molar refractivity (Wildman–Crippen MR) is 64.5 cm³/mol. The average Bonchev–Trinajstić information content (AvgIpc) is 2.19. The Kier molecular flexibility index (Phi) is 4.83. The molecule has 88 valence electrons. The number of rotatable bonds is 4. The van der Waals surface area contributed by atoms with Gasteiger partial charge in [-0.3, -0.25) is 0 Å². The summed E-state index contributed by atoms with van der Waals surface area (Å²) in [4.78, 5) is 11.2. The highest BCUT2D eigenvalue weighted by atomic mass is 16.6. The molecule has 0 aliphatic heterocycles. The first kappa shape index (κ1) is 12.6. The van der Waals surface area contributed by atoms with Crippen molar-refractivity contribution in [2.24, 2.45) is 0 Å². The van der Waals surface area contributed by atoms with Crippen LogP contribution in [0, 0.1) is 6.92 Å². The molecule has 3 heteroatoms. The van der Waals surface area contributed by atoms with E-state index >= 15 is 0 Å². The minimum Gasteiger partial charge on any atom is -0.447 e. The average molecular weight is 221 g/mol. The molecule has 0 unspecified atom stereocenters. The molecule has 0 spiro atoms. The highest BCUT2D eigenvalue weighted by Gasteiger charge is 2.04. The summed E-state index contributed by atoms with van der Waals surface area (Å²) in [5.41, 5.74) is 2.51. The fourth-order valence-corrected chi connectivity index (χ4v) is 1.45. The number of aryl methyl sites for hydroxylation is 1. The monoisotopic (exact) mass is 221 g/mol. The maximum atomic E-state index is 11.2. The topological polar surface area (TPSA) is 38.3 Å². The first-order valence-corrected chi connectivity index (χ1v) is 5.58. The van der Waals surface area contributed by atoms with E-state index in [0.717, 1.165) is 6.42 Å². The summed E-state index contributed by atoms with van der Waals surface area (Å²) in [6, 6.07) is 8.17. The minimum atomic E-state index is -0.344. The zero-order chi connectivity index (χ0) is 12.0. The highest BCUT2D eigenvalue weighted by molar-refractivity contribution is 5.67. The lowest BCUT2D eigenvalue weighted by Crippen LogP contribution is -2.28. The summed E-state index contributed by atoms with van der Waals surface area (Å²) in [5, 5.41) is 2.73. The lowest BCUT2D eigenvalue weighted by atomic mass is 10.1. The van der Waals surface area contributed by atoms with E-state index in [-0.39, 0.29) is 12.2 Å². The summed E-state index contributed by atoms with van der Waals surface area (Å²) >= 11 is 0. The van der Waals surface area contributed by atoms with Gasteiger partial charge in [-0.2, -0.15) is 0 Å². The lowest BCUT2D eigenvalue weighted by molar-refractivity contribution is 0.116. The fraction of sp³-hybridized carbons (Fsp3) is 0.462. The van der Waals surface area contributed by atoms with Gasteiger partial charge >= 0.3 is 6.09 Å². The Hall–Kier alpha value is -1.51. The second-order valence-corrected chi connectivity index (χ2v) is 4.06. The number of nitrogens with one attached hydrogen (secondary N) is 1. The van der Waals surface area contributed by atoms with Gasteiger partial charge in [0.25, 0.3) is 0 Å². The van der Waals surface area contributed by atoms with E-state index in [4.69, 9.17) is 4.74 Å². The van der Waals surface area contributed by atoms with E-state index in [1.807, 2.05) is 26.0 Å².